The van der Waals surface area contributed by atoms with Gasteiger partial charge in [-0.2, -0.15) is 5.10 Å². The average Bonchev–Trinajstić information content (AvgIpc) is 3.10. The van der Waals surface area contributed by atoms with Gasteiger partial charge in [0.25, 0.3) is 0 Å². The van der Waals surface area contributed by atoms with Crippen molar-refractivity contribution in [2.24, 2.45) is 0 Å². The third-order valence-corrected chi connectivity index (χ3v) is 4.89. The number of hydrogen-bond donors (Lipinski definition) is 2. The van der Waals surface area contributed by atoms with E-state index in [1.165, 1.54) is 4.88 Å². The zero-order valence-corrected chi connectivity index (χ0v) is 13.0. The Morgan fingerprint density at radius 3 is 2.95 bits per heavy atom. The molecule has 0 fully saturated rings. The van der Waals surface area contributed by atoms with Crippen molar-refractivity contribution >= 4 is 27.3 Å². The lowest BCUT2D eigenvalue weighted by Crippen LogP contribution is -2.12. The Bertz CT molecular complexity index is 677. The first kappa shape index (κ1) is 13.5. The number of nitrogens with one attached hydrogen (secondary N) is 2. The van der Waals surface area contributed by atoms with Crippen molar-refractivity contribution in [1.82, 2.24) is 20.5 Å². The molecule has 0 aliphatic carbocycles. The highest BCUT2D eigenvalue weighted by Crippen LogP contribution is 2.23. The maximum atomic E-state index is 4.14. The van der Waals surface area contributed by atoms with Crippen LogP contribution < -0.4 is 5.32 Å². The summed E-state index contributed by atoms with van der Waals surface area (Å²) >= 11 is 5.28. The molecule has 0 amide bonds. The van der Waals surface area contributed by atoms with Gasteiger partial charge in [0, 0.05) is 46.0 Å². The van der Waals surface area contributed by atoms with Gasteiger partial charge in [-0.1, -0.05) is 0 Å². The minimum absolute atomic E-state index is 0.769. The number of nitrogens with zero attached hydrogens (tertiary/aromatic N) is 2. The van der Waals surface area contributed by atoms with Crippen LogP contribution >= 0.6 is 27.3 Å². The highest BCUT2D eigenvalue weighted by atomic mass is 79.9. The van der Waals surface area contributed by atoms with Crippen LogP contribution in [0.15, 0.2) is 46.6 Å². The molecule has 0 bridgehead atoms. The van der Waals surface area contributed by atoms with Crippen molar-refractivity contribution in [3.63, 3.8) is 0 Å². The van der Waals surface area contributed by atoms with Crippen LogP contribution in [0.3, 0.4) is 0 Å². The zero-order valence-electron chi connectivity index (χ0n) is 10.6. The van der Waals surface area contributed by atoms with Crippen molar-refractivity contribution < 1.29 is 0 Å². The summed E-state index contributed by atoms with van der Waals surface area (Å²) < 4.78 is 1.16. The maximum absolute atomic E-state index is 4.14. The molecular formula is C14H13BrN4S. The van der Waals surface area contributed by atoms with E-state index >= 15 is 0 Å². The summed E-state index contributed by atoms with van der Waals surface area (Å²) in [6, 6.07) is 6.02. The van der Waals surface area contributed by atoms with Gasteiger partial charge in [0.2, 0.25) is 0 Å². The molecule has 3 rings (SSSR count). The molecule has 0 radical (unpaired) electrons. The van der Waals surface area contributed by atoms with Crippen molar-refractivity contribution in [2.75, 3.05) is 0 Å². The molecule has 102 valence electrons. The quantitative estimate of drug-likeness (QED) is 0.740. The molecular weight excluding hydrogens is 336 g/mol. The number of aromatic amines is 1. The van der Waals surface area contributed by atoms with E-state index in [1.807, 2.05) is 24.5 Å². The first-order valence-corrected chi connectivity index (χ1v) is 7.87. The molecule has 0 saturated heterocycles. The van der Waals surface area contributed by atoms with Gasteiger partial charge in [-0.15, -0.1) is 11.3 Å². The summed E-state index contributed by atoms with van der Waals surface area (Å²) in [5.74, 6) is 0. The first-order chi connectivity index (χ1) is 9.84. The summed E-state index contributed by atoms with van der Waals surface area (Å²) in [6.07, 6.45) is 5.47. The van der Waals surface area contributed by atoms with Crippen LogP contribution in [0.5, 0.6) is 0 Å². The Morgan fingerprint density at radius 2 is 2.20 bits per heavy atom. The molecule has 0 unspecified atom stereocenters. The molecule has 0 aliphatic rings. The smallest absolute Gasteiger partial charge is 0.0710 e. The largest absolute Gasteiger partial charge is 0.308 e. The van der Waals surface area contributed by atoms with Gasteiger partial charge in [0.15, 0.2) is 0 Å². The van der Waals surface area contributed by atoms with Gasteiger partial charge in [-0.3, -0.25) is 10.1 Å². The van der Waals surface area contributed by atoms with E-state index in [9.17, 15) is 0 Å². The third kappa shape index (κ3) is 2.98. The minimum atomic E-state index is 0.769. The molecule has 3 aromatic heterocycles. The second-order valence-corrected chi connectivity index (χ2v) is 6.16. The molecule has 0 aromatic carbocycles. The third-order valence-electron chi connectivity index (χ3n) is 2.96. The Kier molecular flexibility index (Phi) is 4.25. The van der Waals surface area contributed by atoms with E-state index < -0.39 is 0 Å². The number of H-pyrrole nitrogens is 1. The summed E-state index contributed by atoms with van der Waals surface area (Å²) in [6.45, 7) is 1.61. The van der Waals surface area contributed by atoms with Crippen LogP contribution in [-0.2, 0) is 13.1 Å². The van der Waals surface area contributed by atoms with Crippen LogP contribution in [0.1, 0.15) is 10.4 Å². The fourth-order valence-corrected chi connectivity index (χ4v) is 3.43. The van der Waals surface area contributed by atoms with Gasteiger partial charge in [-0.25, -0.2) is 0 Å². The van der Waals surface area contributed by atoms with E-state index in [4.69, 9.17) is 0 Å². The fraction of sp³-hybridized carbons (Fsp3) is 0.143. The second-order valence-electron chi connectivity index (χ2n) is 4.31. The Balaban J connectivity index is 1.67. The molecule has 3 aromatic rings. The summed E-state index contributed by atoms with van der Waals surface area (Å²) in [5.41, 5.74) is 3.22. The topological polar surface area (TPSA) is 53.6 Å². The van der Waals surface area contributed by atoms with Crippen molar-refractivity contribution in [1.29, 1.82) is 0 Å². The van der Waals surface area contributed by atoms with Crippen LogP contribution in [0, 0.1) is 0 Å². The maximum Gasteiger partial charge on any atom is 0.0710 e. The predicted molar refractivity (Wildman–Crippen MR) is 84.4 cm³/mol. The first-order valence-electron chi connectivity index (χ1n) is 6.20. The average molecular weight is 349 g/mol. The number of halogens is 1. The SMILES string of the molecule is Brc1ccsc1CNCc1cn[nH]c1-c1cccnc1. The number of rotatable bonds is 5. The molecule has 6 heteroatoms. The number of pyridine rings is 1. The highest BCUT2D eigenvalue weighted by Gasteiger charge is 2.08. The monoisotopic (exact) mass is 348 g/mol. The van der Waals surface area contributed by atoms with Crippen molar-refractivity contribution in [2.45, 2.75) is 13.1 Å². The molecule has 0 atom stereocenters. The molecule has 2 N–H and O–H groups in total. The van der Waals surface area contributed by atoms with Crippen molar-refractivity contribution in [3.05, 3.63) is 57.1 Å². The highest BCUT2D eigenvalue weighted by molar-refractivity contribution is 9.10. The standard InChI is InChI=1S/C14H13BrN4S/c15-12-3-5-20-13(12)9-17-7-11-8-18-19-14(11)10-2-1-4-16-6-10/h1-6,8,17H,7,9H2,(H,18,19). The second kappa shape index (κ2) is 6.30. The predicted octanol–water partition coefficient (Wildman–Crippen LogP) is 3.59. The van der Waals surface area contributed by atoms with Crippen LogP contribution in [0.2, 0.25) is 0 Å². The minimum Gasteiger partial charge on any atom is -0.308 e. The molecule has 3 heterocycles. The summed E-state index contributed by atoms with van der Waals surface area (Å²) in [7, 11) is 0. The Morgan fingerprint density at radius 1 is 1.25 bits per heavy atom. The van der Waals surface area contributed by atoms with E-state index in [2.05, 4.69) is 47.9 Å². The normalized spacial score (nSPS) is 10.8. The zero-order chi connectivity index (χ0) is 13.8. The van der Waals surface area contributed by atoms with Crippen LogP contribution in [0.4, 0.5) is 0 Å². The lowest BCUT2D eigenvalue weighted by atomic mass is 10.1. The Labute approximate surface area is 129 Å². The Hall–Kier alpha value is -1.50. The summed E-state index contributed by atoms with van der Waals surface area (Å²) in [5, 5.41) is 12.7. The number of aromatic nitrogens is 3. The van der Waals surface area contributed by atoms with E-state index in [1.54, 1.807) is 17.5 Å². The lowest BCUT2D eigenvalue weighted by molar-refractivity contribution is 0.700. The fourth-order valence-electron chi connectivity index (χ4n) is 1.97. The number of hydrogen-bond acceptors (Lipinski definition) is 4. The van der Waals surface area contributed by atoms with Gasteiger partial charge in [0.05, 0.1) is 11.9 Å². The molecule has 0 spiro atoms. The van der Waals surface area contributed by atoms with E-state index in [-0.39, 0.29) is 0 Å². The molecule has 0 saturated carbocycles. The van der Waals surface area contributed by atoms with Gasteiger partial charge >= 0.3 is 0 Å². The molecule has 4 nitrogen and oxygen atoms in total. The van der Waals surface area contributed by atoms with Crippen LogP contribution in [-0.4, -0.2) is 15.2 Å². The van der Waals surface area contributed by atoms with Crippen LogP contribution in [0.25, 0.3) is 11.3 Å². The number of thiophene rings is 1. The van der Waals surface area contributed by atoms with Crippen molar-refractivity contribution in [3.8, 4) is 11.3 Å². The lowest BCUT2D eigenvalue weighted by Gasteiger charge is -2.05. The summed E-state index contributed by atoms with van der Waals surface area (Å²) in [4.78, 5) is 5.44. The van der Waals surface area contributed by atoms with E-state index in [0.29, 0.717) is 0 Å². The van der Waals surface area contributed by atoms with Gasteiger partial charge in [0.1, 0.15) is 0 Å². The molecule has 20 heavy (non-hydrogen) atoms. The van der Waals surface area contributed by atoms with Gasteiger partial charge < -0.3 is 5.32 Å². The van der Waals surface area contributed by atoms with E-state index in [0.717, 1.165) is 34.4 Å². The van der Waals surface area contributed by atoms with Gasteiger partial charge in [-0.05, 0) is 39.5 Å². The molecule has 0 aliphatic heterocycles.